The van der Waals surface area contributed by atoms with Crippen LogP contribution < -0.4 is 14.8 Å². The van der Waals surface area contributed by atoms with Crippen molar-refractivity contribution in [3.8, 4) is 17.2 Å². The summed E-state index contributed by atoms with van der Waals surface area (Å²) in [6.07, 6.45) is 5.33. The first-order chi connectivity index (χ1) is 12.3. The number of ether oxygens (including phenoxy) is 2. The Labute approximate surface area is 150 Å². The van der Waals surface area contributed by atoms with Crippen LogP contribution in [0.4, 0.5) is 0 Å². The molecule has 1 atom stereocenters. The van der Waals surface area contributed by atoms with Crippen LogP contribution >= 0.6 is 11.3 Å². The molecular formula is C18H20N4O2S. The summed E-state index contributed by atoms with van der Waals surface area (Å²) in [6, 6.07) is 6.40. The molecule has 130 valence electrons. The van der Waals surface area contributed by atoms with Crippen molar-refractivity contribution in [3.05, 3.63) is 52.0 Å². The van der Waals surface area contributed by atoms with Gasteiger partial charge in [-0.15, -0.1) is 11.3 Å². The van der Waals surface area contributed by atoms with E-state index >= 15 is 0 Å². The van der Waals surface area contributed by atoms with Gasteiger partial charge in [0.1, 0.15) is 0 Å². The zero-order valence-electron chi connectivity index (χ0n) is 14.2. The Morgan fingerprint density at radius 2 is 2.00 bits per heavy atom. The predicted octanol–water partition coefficient (Wildman–Crippen LogP) is 2.78. The number of methoxy groups -OCH3 is 2. The zero-order chi connectivity index (χ0) is 17.2. The van der Waals surface area contributed by atoms with E-state index in [9.17, 15) is 0 Å². The van der Waals surface area contributed by atoms with Gasteiger partial charge < -0.3 is 14.8 Å². The molecule has 3 heterocycles. The molecule has 1 aliphatic rings. The molecule has 0 spiro atoms. The van der Waals surface area contributed by atoms with E-state index in [1.165, 1.54) is 16.0 Å². The van der Waals surface area contributed by atoms with Crippen molar-refractivity contribution < 1.29 is 9.47 Å². The van der Waals surface area contributed by atoms with Crippen LogP contribution in [0.25, 0.3) is 5.69 Å². The number of nitrogens with one attached hydrogen (secondary N) is 1. The zero-order valence-corrected chi connectivity index (χ0v) is 15.0. The van der Waals surface area contributed by atoms with Crippen molar-refractivity contribution in [1.29, 1.82) is 0 Å². The molecule has 0 saturated heterocycles. The molecule has 0 amide bonds. The van der Waals surface area contributed by atoms with E-state index < -0.39 is 0 Å². The first-order valence-electron chi connectivity index (χ1n) is 8.21. The van der Waals surface area contributed by atoms with Crippen LogP contribution in [-0.4, -0.2) is 35.8 Å². The Morgan fingerprint density at radius 1 is 1.20 bits per heavy atom. The van der Waals surface area contributed by atoms with Crippen LogP contribution in [0.3, 0.4) is 0 Å². The molecule has 0 bridgehead atoms. The Balaban J connectivity index is 1.62. The Bertz CT molecular complexity index is 860. The smallest absolute Gasteiger partial charge is 0.160 e. The van der Waals surface area contributed by atoms with Gasteiger partial charge in [-0.25, -0.2) is 0 Å². The van der Waals surface area contributed by atoms with Crippen LogP contribution in [-0.2, 0) is 12.8 Å². The summed E-state index contributed by atoms with van der Waals surface area (Å²) < 4.78 is 10.8. The summed E-state index contributed by atoms with van der Waals surface area (Å²) in [5.41, 5.74) is 3.67. The number of nitrogens with zero attached hydrogens (tertiary/aromatic N) is 3. The summed E-state index contributed by atoms with van der Waals surface area (Å²) in [4.78, 5) is 3.09. The Hall–Kier alpha value is -2.38. The minimum atomic E-state index is 0.288. The van der Waals surface area contributed by atoms with Gasteiger partial charge >= 0.3 is 0 Å². The Kier molecular flexibility index (Phi) is 4.42. The fourth-order valence-corrected chi connectivity index (χ4v) is 4.47. The maximum absolute atomic E-state index is 5.43. The fourth-order valence-electron chi connectivity index (χ4n) is 3.31. The van der Waals surface area contributed by atoms with E-state index in [-0.39, 0.29) is 6.04 Å². The summed E-state index contributed by atoms with van der Waals surface area (Å²) in [7, 11) is 3.32. The van der Waals surface area contributed by atoms with Gasteiger partial charge in [-0.2, -0.15) is 15.0 Å². The molecule has 0 radical (unpaired) electrons. The molecular weight excluding hydrogens is 336 g/mol. The quantitative estimate of drug-likeness (QED) is 0.762. The predicted molar refractivity (Wildman–Crippen MR) is 96.9 cm³/mol. The van der Waals surface area contributed by atoms with Gasteiger partial charge in [-0.3, -0.25) is 0 Å². The van der Waals surface area contributed by atoms with E-state index in [0.29, 0.717) is 0 Å². The number of rotatable bonds is 5. The summed E-state index contributed by atoms with van der Waals surface area (Å²) in [5.74, 6) is 1.52. The lowest BCUT2D eigenvalue weighted by Gasteiger charge is -2.25. The molecule has 1 N–H and O–H groups in total. The molecule has 7 heteroatoms. The number of benzene rings is 1. The number of aromatic nitrogens is 3. The van der Waals surface area contributed by atoms with Crippen LogP contribution in [0.15, 0.2) is 36.0 Å². The Morgan fingerprint density at radius 3 is 2.76 bits per heavy atom. The number of fused-ring (bicyclic) bond motifs is 1. The SMILES string of the molecule is COc1ccc(CC2NCCc3c(-n4nccn4)csc32)cc1OC. The normalized spacial score (nSPS) is 16.5. The second kappa shape index (κ2) is 6.85. The first-order valence-corrected chi connectivity index (χ1v) is 9.09. The highest BCUT2D eigenvalue weighted by atomic mass is 32.1. The van der Waals surface area contributed by atoms with Crippen molar-refractivity contribution in [3.63, 3.8) is 0 Å². The maximum atomic E-state index is 5.43. The average Bonchev–Trinajstić information content (AvgIpc) is 3.31. The van der Waals surface area contributed by atoms with Crippen LogP contribution in [0.1, 0.15) is 22.0 Å². The van der Waals surface area contributed by atoms with Gasteiger partial charge in [-0.1, -0.05) is 6.07 Å². The molecule has 2 aromatic heterocycles. The van der Waals surface area contributed by atoms with Crippen molar-refractivity contribution >= 4 is 11.3 Å². The maximum Gasteiger partial charge on any atom is 0.160 e. The second-order valence-electron chi connectivity index (χ2n) is 5.93. The largest absolute Gasteiger partial charge is 0.493 e. The molecule has 0 saturated carbocycles. The van der Waals surface area contributed by atoms with Gasteiger partial charge in [0.15, 0.2) is 11.5 Å². The minimum Gasteiger partial charge on any atom is -0.493 e. The molecule has 3 aromatic rings. The van der Waals surface area contributed by atoms with Crippen LogP contribution in [0, 0.1) is 0 Å². The second-order valence-corrected chi connectivity index (χ2v) is 6.84. The standard InChI is InChI=1S/C18H20N4O2S/c1-23-16-4-3-12(10-17(16)24-2)9-14-18-13(5-6-19-14)15(11-25-18)22-20-7-8-21-22/h3-4,7-8,10-11,14,19H,5-6,9H2,1-2H3. The number of thiophene rings is 1. The van der Waals surface area contributed by atoms with Crippen LogP contribution in [0.5, 0.6) is 11.5 Å². The summed E-state index contributed by atoms with van der Waals surface area (Å²) in [6.45, 7) is 0.954. The van der Waals surface area contributed by atoms with E-state index in [1.54, 1.807) is 42.7 Å². The van der Waals surface area contributed by atoms with E-state index in [1.807, 2.05) is 6.07 Å². The van der Waals surface area contributed by atoms with Gasteiger partial charge in [-0.05, 0) is 42.6 Å². The van der Waals surface area contributed by atoms with E-state index in [0.717, 1.165) is 36.6 Å². The average molecular weight is 356 g/mol. The molecule has 0 fully saturated rings. The molecule has 1 aliphatic heterocycles. The number of hydrogen-bond acceptors (Lipinski definition) is 6. The van der Waals surface area contributed by atoms with E-state index in [2.05, 4.69) is 33.0 Å². The number of hydrogen-bond donors (Lipinski definition) is 1. The molecule has 25 heavy (non-hydrogen) atoms. The summed E-state index contributed by atoms with van der Waals surface area (Å²) >= 11 is 1.78. The van der Waals surface area contributed by atoms with Gasteiger partial charge in [0.2, 0.25) is 0 Å². The monoisotopic (exact) mass is 356 g/mol. The molecule has 1 aromatic carbocycles. The third kappa shape index (κ3) is 3.01. The van der Waals surface area contributed by atoms with Crippen molar-refractivity contribution in [2.45, 2.75) is 18.9 Å². The highest BCUT2D eigenvalue weighted by Gasteiger charge is 2.25. The topological polar surface area (TPSA) is 61.2 Å². The minimum absolute atomic E-state index is 0.288. The highest BCUT2D eigenvalue weighted by molar-refractivity contribution is 7.10. The third-order valence-electron chi connectivity index (χ3n) is 4.51. The van der Waals surface area contributed by atoms with Crippen molar-refractivity contribution in [2.24, 2.45) is 0 Å². The van der Waals surface area contributed by atoms with Crippen LogP contribution in [0.2, 0.25) is 0 Å². The lowest BCUT2D eigenvalue weighted by atomic mass is 9.97. The van der Waals surface area contributed by atoms with Crippen molar-refractivity contribution in [1.82, 2.24) is 20.3 Å². The van der Waals surface area contributed by atoms with Gasteiger partial charge in [0.05, 0.1) is 32.3 Å². The molecule has 6 nitrogen and oxygen atoms in total. The highest BCUT2D eigenvalue weighted by Crippen LogP contribution is 2.36. The van der Waals surface area contributed by atoms with E-state index in [4.69, 9.17) is 9.47 Å². The fraction of sp³-hybridized carbons (Fsp3) is 0.333. The lowest BCUT2D eigenvalue weighted by molar-refractivity contribution is 0.354. The van der Waals surface area contributed by atoms with Gasteiger partial charge in [0.25, 0.3) is 0 Å². The lowest BCUT2D eigenvalue weighted by Crippen LogP contribution is -2.30. The first kappa shape index (κ1) is 16.1. The summed E-state index contributed by atoms with van der Waals surface area (Å²) in [5, 5.41) is 14.3. The third-order valence-corrected chi connectivity index (χ3v) is 5.63. The molecule has 4 rings (SSSR count). The molecule has 1 unspecified atom stereocenters. The molecule has 0 aliphatic carbocycles. The van der Waals surface area contributed by atoms with Gasteiger partial charge in [0, 0.05) is 16.3 Å². The van der Waals surface area contributed by atoms with Crippen molar-refractivity contribution in [2.75, 3.05) is 20.8 Å².